The molecule has 1 aliphatic heterocycles. The minimum Gasteiger partial charge on any atom is -0.367 e. The molecule has 0 aliphatic carbocycles. The number of anilines is 2. The second kappa shape index (κ2) is 7.77. The van der Waals surface area contributed by atoms with E-state index < -0.39 is 0 Å². The molecule has 3 rings (SSSR count). The number of amides is 1. The smallest absolute Gasteiger partial charge is 0.238 e. The maximum Gasteiger partial charge on any atom is 0.238 e. The van der Waals surface area contributed by atoms with Gasteiger partial charge in [-0.3, -0.25) is 9.69 Å². The molecule has 0 aromatic heterocycles. The van der Waals surface area contributed by atoms with Crippen molar-refractivity contribution < 1.29 is 9.18 Å². The van der Waals surface area contributed by atoms with Crippen LogP contribution >= 0.6 is 15.9 Å². The minimum atomic E-state index is -0.195. The highest BCUT2D eigenvalue weighted by Gasteiger charge is 2.20. The fraction of sp³-hybridized carbons (Fsp3) is 0.278. The Morgan fingerprint density at radius 3 is 2.38 bits per heavy atom. The van der Waals surface area contributed by atoms with E-state index in [1.807, 2.05) is 35.2 Å². The number of hydrogen-bond acceptors (Lipinski definition) is 3. The van der Waals surface area contributed by atoms with Crippen LogP contribution < -0.4 is 10.2 Å². The van der Waals surface area contributed by atoms with E-state index in [4.69, 9.17) is 0 Å². The Bertz CT molecular complexity index is 700. The molecule has 24 heavy (non-hydrogen) atoms. The maximum absolute atomic E-state index is 13.8. The third kappa shape index (κ3) is 4.33. The van der Waals surface area contributed by atoms with Gasteiger partial charge in [0, 0.05) is 36.3 Å². The average Bonchev–Trinajstić information content (AvgIpc) is 2.58. The highest BCUT2D eigenvalue weighted by atomic mass is 79.9. The van der Waals surface area contributed by atoms with E-state index in [0.29, 0.717) is 25.3 Å². The van der Waals surface area contributed by atoms with Crippen LogP contribution in [0.25, 0.3) is 0 Å². The number of piperazine rings is 1. The fourth-order valence-corrected chi connectivity index (χ4v) is 3.06. The van der Waals surface area contributed by atoms with E-state index in [-0.39, 0.29) is 11.7 Å². The number of rotatable bonds is 4. The van der Waals surface area contributed by atoms with Gasteiger partial charge < -0.3 is 10.2 Å². The molecular weight excluding hydrogens is 373 g/mol. The summed E-state index contributed by atoms with van der Waals surface area (Å²) in [6.07, 6.45) is 0. The number of nitrogens with zero attached hydrogens (tertiary/aromatic N) is 2. The molecule has 0 radical (unpaired) electrons. The van der Waals surface area contributed by atoms with Gasteiger partial charge in [-0.15, -0.1) is 0 Å². The van der Waals surface area contributed by atoms with Gasteiger partial charge in [0.05, 0.1) is 12.2 Å². The van der Waals surface area contributed by atoms with Gasteiger partial charge in [-0.2, -0.15) is 0 Å². The van der Waals surface area contributed by atoms with E-state index in [2.05, 4.69) is 26.1 Å². The summed E-state index contributed by atoms with van der Waals surface area (Å²) in [6.45, 7) is 3.25. The molecule has 4 nitrogen and oxygen atoms in total. The Morgan fingerprint density at radius 1 is 1.04 bits per heavy atom. The van der Waals surface area contributed by atoms with E-state index in [1.165, 1.54) is 6.07 Å². The molecule has 0 bridgehead atoms. The number of nitrogens with one attached hydrogen (secondary N) is 1. The van der Waals surface area contributed by atoms with Gasteiger partial charge in [-0.25, -0.2) is 4.39 Å². The van der Waals surface area contributed by atoms with Crippen molar-refractivity contribution in [2.75, 3.05) is 42.9 Å². The Hall–Kier alpha value is -1.92. The Morgan fingerprint density at radius 2 is 1.71 bits per heavy atom. The van der Waals surface area contributed by atoms with Crippen LogP contribution in [-0.2, 0) is 4.79 Å². The van der Waals surface area contributed by atoms with Gasteiger partial charge in [-0.1, -0.05) is 28.1 Å². The average molecular weight is 392 g/mol. The summed E-state index contributed by atoms with van der Waals surface area (Å²) in [5.41, 5.74) is 1.42. The Balaban J connectivity index is 1.49. The van der Waals surface area contributed by atoms with Crippen LogP contribution in [0, 0.1) is 5.82 Å². The fourth-order valence-electron chi connectivity index (χ4n) is 2.79. The Labute approximate surface area is 149 Å². The first-order chi connectivity index (χ1) is 11.6. The van der Waals surface area contributed by atoms with Gasteiger partial charge in [0.15, 0.2) is 0 Å². The molecule has 1 N–H and O–H groups in total. The molecule has 1 amide bonds. The summed E-state index contributed by atoms with van der Waals surface area (Å²) in [4.78, 5) is 16.2. The standard InChI is InChI=1S/C18H19BrFN3O/c19-14-5-7-15(8-6-14)21-18(24)13-22-9-11-23(12-10-22)17-4-2-1-3-16(17)20/h1-8H,9-13H2,(H,21,24). The highest BCUT2D eigenvalue weighted by molar-refractivity contribution is 9.10. The lowest BCUT2D eigenvalue weighted by atomic mass is 10.2. The predicted molar refractivity (Wildman–Crippen MR) is 97.8 cm³/mol. The largest absolute Gasteiger partial charge is 0.367 e. The van der Waals surface area contributed by atoms with Crippen LogP contribution in [0.3, 0.4) is 0 Å². The Kier molecular flexibility index (Phi) is 5.48. The van der Waals surface area contributed by atoms with Crippen LogP contribution in [0.2, 0.25) is 0 Å². The number of para-hydroxylation sites is 1. The first-order valence-corrected chi connectivity index (χ1v) is 8.68. The van der Waals surface area contributed by atoms with Crippen LogP contribution in [-0.4, -0.2) is 43.5 Å². The monoisotopic (exact) mass is 391 g/mol. The molecule has 2 aromatic carbocycles. The molecule has 0 atom stereocenters. The van der Waals surface area contributed by atoms with E-state index in [1.54, 1.807) is 12.1 Å². The van der Waals surface area contributed by atoms with Crippen molar-refractivity contribution in [3.63, 3.8) is 0 Å². The summed E-state index contributed by atoms with van der Waals surface area (Å²) in [5, 5.41) is 2.89. The van der Waals surface area contributed by atoms with Crippen molar-refractivity contribution >= 4 is 33.2 Å². The number of halogens is 2. The van der Waals surface area contributed by atoms with Crippen molar-refractivity contribution in [1.82, 2.24) is 4.90 Å². The summed E-state index contributed by atoms with van der Waals surface area (Å²) in [5.74, 6) is -0.226. The minimum absolute atomic E-state index is 0.0309. The lowest BCUT2D eigenvalue weighted by Crippen LogP contribution is -2.48. The molecule has 0 spiro atoms. The van der Waals surface area contributed by atoms with Crippen molar-refractivity contribution in [3.05, 3.63) is 58.8 Å². The molecule has 1 saturated heterocycles. The third-order valence-electron chi connectivity index (χ3n) is 4.06. The summed E-state index contributed by atoms with van der Waals surface area (Å²) in [6, 6.07) is 14.3. The molecule has 1 aliphatic rings. The number of carbonyl (C=O) groups is 1. The zero-order valence-corrected chi connectivity index (χ0v) is 14.8. The second-order valence-corrected chi connectivity index (χ2v) is 6.69. The van der Waals surface area contributed by atoms with Crippen LogP contribution in [0.5, 0.6) is 0 Å². The zero-order valence-electron chi connectivity index (χ0n) is 13.2. The highest BCUT2D eigenvalue weighted by Crippen LogP contribution is 2.20. The van der Waals surface area contributed by atoms with Gasteiger partial charge in [0.2, 0.25) is 5.91 Å². The van der Waals surface area contributed by atoms with Gasteiger partial charge in [-0.05, 0) is 36.4 Å². The van der Waals surface area contributed by atoms with Crippen molar-refractivity contribution in [2.45, 2.75) is 0 Å². The quantitative estimate of drug-likeness (QED) is 0.867. The number of carbonyl (C=O) groups excluding carboxylic acids is 1. The van der Waals surface area contributed by atoms with E-state index in [0.717, 1.165) is 23.2 Å². The van der Waals surface area contributed by atoms with Crippen molar-refractivity contribution in [1.29, 1.82) is 0 Å². The molecule has 2 aromatic rings. The number of hydrogen-bond donors (Lipinski definition) is 1. The first kappa shape index (κ1) is 16.9. The number of benzene rings is 2. The van der Waals surface area contributed by atoms with E-state index >= 15 is 0 Å². The molecule has 0 unspecified atom stereocenters. The normalized spacial score (nSPS) is 15.3. The molecule has 0 saturated carbocycles. The van der Waals surface area contributed by atoms with Crippen molar-refractivity contribution in [2.24, 2.45) is 0 Å². The lowest BCUT2D eigenvalue weighted by Gasteiger charge is -2.35. The van der Waals surface area contributed by atoms with Crippen LogP contribution in [0.1, 0.15) is 0 Å². The first-order valence-electron chi connectivity index (χ1n) is 7.89. The summed E-state index contributed by atoms with van der Waals surface area (Å²) in [7, 11) is 0. The van der Waals surface area contributed by atoms with Crippen LogP contribution in [0.4, 0.5) is 15.8 Å². The zero-order chi connectivity index (χ0) is 16.9. The molecule has 1 fully saturated rings. The van der Waals surface area contributed by atoms with Crippen molar-refractivity contribution in [3.8, 4) is 0 Å². The van der Waals surface area contributed by atoms with Gasteiger partial charge in [0.1, 0.15) is 5.82 Å². The lowest BCUT2D eigenvalue weighted by molar-refractivity contribution is -0.117. The maximum atomic E-state index is 13.8. The topological polar surface area (TPSA) is 35.6 Å². The molecular formula is C18H19BrFN3O. The van der Waals surface area contributed by atoms with Crippen LogP contribution in [0.15, 0.2) is 53.0 Å². The molecule has 126 valence electrons. The van der Waals surface area contributed by atoms with Gasteiger partial charge in [0.25, 0.3) is 0 Å². The summed E-state index contributed by atoms with van der Waals surface area (Å²) >= 11 is 3.37. The molecule has 6 heteroatoms. The SMILES string of the molecule is O=C(CN1CCN(c2ccccc2F)CC1)Nc1ccc(Br)cc1. The van der Waals surface area contributed by atoms with E-state index in [9.17, 15) is 9.18 Å². The molecule has 1 heterocycles. The summed E-state index contributed by atoms with van der Waals surface area (Å²) < 4.78 is 14.8. The van der Waals surface area contributed by atoms with Gasteiger partial charge >= 0.3 is 0 Å². The predicted octanol–water partition coefficient (Wildman–Crippen LogP) is 3.35. The second-order valence-electron chi connectivity index (χ2n) is 5.77. The third-order valence-corrected chi connectivity index (χ3v) is 4.59.